The van der Waals surface area contributed by atoms with E-state index in [9.17, 15) is 14.0 Å². The van der Waals surface area contributed by atoms with Gasteiger partial charge in [0.1, 0.15) is 12.4 Å². The largest absolute Gasteiger partial charge is 0.437 e. The fraction of sp³-hybridized carbons (Fsp3) is 0.381. The molecule has 1 aromatic carbocycles. The van der Waals surface area contributed by atoms with Gasteiger partial charge < -0.3 is 9.32 Å². The highest BCUT2D eigenvalue weighted by molar-refractivity contribution is 7.13. The summed E-state index contributed by atoms with van der Waals surface area (Å²) in [6, 6.07) is 9.94. The molecule has 152 valence electrons. The van der Waals surface area contributed by atoms with E-state index in [1.54, 1.807) is 17.0 Å². The van der Waals surface area contributed by atoms with Gasteiger partial charge in [-0.25, -0.2) is 9.18 Å². The van der Waals surface area contributed by atoms with Crippen molar-refractivity contribution < 1.29 is 13.6 Å². The molecule has 0 N–H and O–H groups in total. The molecule has 2 heterocycles. The molecule has 1 saturated carbocycles. The van der Waals surface area contributed by atoms with Crippen LogP contribution in [0.2, 0.25) is 0 Å². The van der Waals surface area contributed by atoms with Crippen LogP contribution in [0.5, 0.6) is 0 Å². The van der Waals surface area contributed by atoms with Gasteiger partial charge in [-0.1, -0.05) is 37.5 Å². The molecule has 0 atom stereocenters. The van der Waals surface area contributed by atoms with Crippen LogP contribution in [-0.2, 0) is 17.9 Å². The van der Waals surface area contributed by atoms with Crippen LogP contribution in [0.3, 0.4) is 0 Å². The number of hydrogen-bond donors (Lipinski definition) is 0. The third-order valence-electron chi connectivity index (χ3n) is 5.23. The molecule has 1 aliphatic carbocycles. The number of aromatic nitrogens is 2. The molecule has 0 spiro atoms. The van der Waals surface area contributed by atoms with Crippen molar-refractivity contribution in [2.45, 2.75) is 51.2 Å². The maximum atomic E-state index is 13.3. The second kappa shape index (κ2) is 8.73. The molecule has 4 rings (SSSR count). The van der Waals surface area contributed by atoms with Gasteiger partial charge in [0.15, 0.2) is 0 Å². The van der Waals surface area contributed by atoms with Crippen LogP contribution in [-0.4, -0.2) is 26.6 Å². The lowest BCUT2D eigenvalue weighted by Gasteiger charge is -2.34. The molecule has 0 aliphatic heterocycles. The van der Waals surface area contributed by atoms with Gasteiger partial charge in [-0.05, 0) is 42.0 Å². The summed E-state index contributed by atoms with van der Waals surface area (Å²) in [4.78, 5) is 27.9. The number of rotatable bonds is 6. The molecule has 0 saturated heterocycles. The summed E-state index contributed by atoms with van der Waals surface area (Å²) in [6.07, 6.45) is 5.18. The highest BCUT2D eigenvalue weighted by Gasteiger charge is 2.27. The Morgan fingerprint density at radius 2 is 1.97 bits per heavy atom. The monoisotopic (exact) mass is 415 g/mol. The summed E-state index contributed by atoms with van der Waals surface area (Å²) in [5.41, 5.74) is 0.858. The Kier molecular flexibility index (Phi) is 5.89. The van der Waals surface area contributed by atoms with E-state index in [1.165, 1.54) is 29.9 Å². The highest BCUT2D eigenvalue weighted by atomic mass is 32.1. The number of benzene rings is 1. The number of carbonyl (C=O) groups is 1. The Bertz CT molecular complexity index is 1000. The van der Waals surface area contributed by atoms with Gasteiger partial charge in [-0.15, -0.1) is 16.4 Å². The first-order valence-corrected chi connectivity index (χ1v) is 10.6. The van der Waals surface area contributed by atoms with E-state index in [4.69, 9.17) is 4.42 Å². The first kappa shape index (κ1) is 19.6. The number of halogens is 1. The number of nitrogens with zero attached hydrogens (tertiary/aromatic N) is 3. The summed E-state index contributed by atoms with van der Waals surface area (Å²) >= 11 is 1.41. The van der Waals surface area contributed by atoms with E-state index < -0.39 is 5.76 Å². The second-order valence-corrected chi connectivity index (χ2v) is 8.20. The first-order chi connectivity index (χ1) is 14.1. The predicted octanol–water partition coefficient (Wildman–Crippen LogP) is 4.07. The van der Waals surface area contributed by atoms with Crippen molar-refractivity contribution in [2.24, 2.45) is 0 Å². The minimum Gasteiger partial charge on any atom is -0.387 e. The number of thiophene rings is 1. The smallest absolute Gasteiger partial charge is 0.387 e. The van der Waals surface area contributed by atoms with E-state index >= 15 is 0 Å². The molecule has 6 nitrogen and oxygen atoms in total. The number of carbonyl (C=O) groups excluding carboxylic acids is 1. The Balaban J connectivity index is 1.54. The van der Waals surface area contributed by atoms with Crippen LogP contribution < -0.4 is 5.76 Å². The molecule has 1 fully saturated rings. The van der Waals surface area contributed by atoms with E-state index in [2.05, 4.69) is 5.10 Å². The summed E-state index contributed by atoms with van der Waals surface area (Å²) in [7, 11) is 0. The van der Waals surface area contributed by atoms with Crippen molar-refractivity contribution in [3.8, 4) is 10.8 Å². The molecular weight excluding hydrogens is 393 g/mol. The maximum Gasteiger partial charge on any atom is 0.437 e. The highest BCUT2D eigenvalue weighted by Crippen LogP contribution is 2.25. The van der Waals surface area contributed by atoms with Crippen molar-refractivity contribution in [1.82, 2.24) is 14.7 Å². The quantitative estimate of drug-likeness (QED) is 0.609. The van der Waals surface area contributed by atoms with Crippen molar-refractivity contribution >= 4 is 17.2 Å². The van der Waals surface area contributed by atoms with Gasteiger partial charge in [-0.3, -0.25) is 4.79 Å². The Labute approximate surface area is 171 Å². The number of hydrogen-bond acceptors (Lipinski definition) is 5. The number of amides is 1. The fourth-order valence-corrected chi connectivity index (χ4v) is 4.37. The minimum absolute atomic E-state index is 0.112. The average molecular weight is 415 g/mol. The van der Waals surface area contributed by atoms with E-state index in [-0.39, 0.29) is 30.2 Å². The summed E-state index contributed by atoms with van der Waals surface area (Å²) < 4.78 is 19.5. The molecule has 2 aromatic heterocycles. The van der Waals surface area contributed by atoms with Gasteiger partial charge >= 0.3 is 5.76 Å². The van der Waals surface area contributed by atoms with Gasteiger partial charge in [0.2, 0.25) is 5.91 Å². The molecule has 0 radical (unpaired) electrons. The summed E-state index contributed by atoms with van der Waals surface area (Å²) in [5, 5.41) is 6.06. The van der Waals surface area contributed by atoms with Crippen LogP contribution in [0.1, 0.15) is 37.7 Å². The van der Waals surface area contributed by atoms with Crippen molar-refractivity contribution in [3.63, 3.8) is 0 Å². The first-order valence-electron chi connectivity index (χ1n) is 9.76. The van der Waals surface area contributed by atoms with Gasteiger partial charge in [0.25, 0.3) is 5.89 Å². The van der Waals surface area contributed by atoms with Gasteiger partial charge in [0, 0.05) is 12.6 Å². The standard InChI is InChI=1S/C21H22FN3O3S/c22-16-10-8-15(9-11-16)13-24(17-5-2-1-3-6-17)19(26)14-25-21(27)28-20(23-25)18-7-4-12-29-18/h4,7-12,17H,1-3,5-6,13-14H2. The summed E-state index contributed by atoms with van der Waals surface area (Å²) in [6.45, 7) is 0.208. The van der Waals surface area contributed by atoms with E-state index in [1.807, 2.05) is 17.5 Å². The molecule has 8 heteroatoms. The van der Waals surface area contributed by atoms with Crippen LogP contribution in [0.25, 0.3) is 10.8 Å². The van der Waals surface area contributed by atoms with Crippen LogP contribution >= 0.6 is 11.3 Å². The predicted molar refractivity (Wildman–Crippen MR) is 108 cm³/mol. The third kappa shape index (κ3) is 4.64. The van der Waals surface area contributed by atoms with E-state index in [0.29, 0.717) is 6.54 Å². The van der Waals surface area contributed by atoms with Gasteiger partial charge in [-0.2, -0.15) is 4.68 Å². The third-order valence-corrected chi connectivity index (χ3v) is 6.08. The van der Waals surface area contributed by atoms with Crippen molar-refractivity contribution in [3.05, 3.63) is 63.7 Å². The molecule has 0 unspecified atom stereocenters. The van der Waals surface area contributed by atoms with Crippen LogP contribution in [0.15, 0.2) is 51.0 Å². The topological polar surface area (TPSA) is 68.3 Å². The van der Waals surface area contributed by atoms with Crippen LogP contribution in [0.4, 0.5) is 4.39 Å². The zero-order valence-corrected chi connectivity index (χ0v) is 16.7. The molecule has 3 aromatic rings. The molecule has 1 aliphatic rings. The average Bonchev–Trinajstić information content (AvgIpc) is 3.38. The maximum absolute atomic E-state index is 13.3. The Morgan fingerprint density at radius 1 is 1.21 bits per heavy atom. The molecule has 29 heavy (non-hydrogen) atoms. The lowest BCUT2D eigenvalue weighted by molar-refractivity contribution is -0.136. The fourth-order valence-electron chi connectivity index (χ4n) is 3.73. The van der Waals surface area contributed by atoms with Crippen molar-refractivity contribution in [1.29, 1.82) is 0 Å². The normalized spacial score (nSPS) is 14.8. The second-order valence-electron chi connectivity index (χ2n) is 7.25. The van der Waals surface area contributed by atoms with Crippen LogP contribution in [0, 0.1) is 5.82 Å². The summed E-state index contributed by atoms with van der Waals surface area (Å²) in [5.74, 6) is -0.915. The lowest BCUT2D eigenvalue weighted by atomic mass is 9.93. The lowest BCUT2D eigenvalue weighted by Crippen LogP contribution is -2.43. The molecule has 0 bridgehead atoms. The van der Waals surface area contributed by atoms with Crippen molar-refractivity contribution in [2.75, 3.05) is 0 Å². The zero-order valence-electron chi connectivity index (χ0n) is 15.9. The van der Waals surface area contributed by atoms with Gasteiger partial charge in [0.05, 0.1) is 4.88 Å². The minimum atomic E-state index is -0.646. The Morgan fingerprint density at radius 3 is 2.66 bits per heavy atom. The Hall–Kier alpha value is -2.74. The van der Waals surface area contributed by atoms with E-state index in [0.717, 1.165) is 40.8 Å². The molecule has 1 amide bonds. The zero-order chi connectivity index (χ0) is 20.2. The molecular formula is C21H22FN3O3S. The SMILES string of the molecule is O=C(Cn1nc(-c2cccs2)oc1=O)N(Cc1ccc(F)cc1)C1CCCCC1.